The molecule has 1 aliphatic rings. The molecule has 0 saturated heterocycles. The zero-order chi connectivity index (χ0) is 9.84. The van der Waals surface area contributed by atoms with Gasteiger partial charge in [0.25, 0.3) is 0 Å². The molecule has 0 amide bonds. The van der Waals surface area contributed by atoms with Crippen LogP contribution in [0, 0.1) is 11.8 Å². The van der Waals surface area contributed by atoms with E-state index < -0.39 is 0 Å². The molecule has 0 bridgehead atoms. The predicted octanol–water partition coefficient (Wildman–Crippen LogP) is 2.36. The summed E-state index contributed by atoms with van der Waals surface area (Å²) >= 11 is 0. The van der Waals surface area contributed by atoms with Gasteiger partial charge in [-0.1, -0.05) is 19.8 Å². The van der Waals surface area contributed by atoms with Crippen molar-refractivity contribution in [2.45, 2.75) is 46.0 Å². The van der Waals surface area contributed by atoms with Crippen molar-refractivity contribution in [3.8, 4) is 0 Å². The van der Waals surface area contributed by atoms with Crippen LogP contribution in [0.15, 0.2) is 0 Å². The standard InChI is InChI=1S/C11H18O2/c1-3-10(12)8(2)11(13)9-6-4-5-7-9/h8-9H,3-7H2,1-2H3. The van der Waals surface area contributed by atoms with Gasteiger partial charge in [0.15, 0.2) is 0 Å². The third kappa shape index (κ3) is 2.39. The van der Waals surface area contributed by atoms with Gasteiger partial charge >= 0.3 is 0 Å². The van der Waals surface area contributed by atoms with E-state index in [-0.39, 0.29) is 23.4 Å². The smallest absolute Gasteiger partial charge is 0.146 e. The first-order chi connectivity index (χ1) is 6.16. The molecule has 0 N–H and O–H groups in total. The van der Waals surface area contributed by atoms with E-state index >= 15 is 0 Å². The summed E-state index contributed by atoms with van der Waals surface area (Å²) < 4.78 is 0. The summed E-state index contributed by atoms with van der Waals surface area (Å²) in [6, 6.07) is 0. The number of ketones is 2. The van der Waals surface area contributed by atoms with Crippen LogP contribution in [0.2, 0.25) is 0 Å². The average Bonchev–Trinajstić information content (AvgIpc) is 2.67. The minimum absolute atomic E-state index is 0.0944. The van der Waals surface area contributed by atoms with Gasteiger partial charge in [0.2, 0.25) is 0 Å². The third-order valence-electron chi connectivity index (χ3n) is 3.02. The lowest BCUT2D eigenvalue weighted by Crippen LogP contribution is -2.25. The topological polar surface area (TPSA) is 34.1 Å². The summed E-state index contributed by atoms with van der Waals surface area (Å²) in [5.41, 5.74) is 0. The van der Waals surface area contributed by atoms with Gasteiger partial charge < -0.3 is 0 Å². The SMILES string of the molecule is CCC(=O)C(C)C(=O)C1CCCC1. The average molecular weight is 182 g/mol. The molecule has 0 aliphatic heterocycles. The van der Waals surface area contributed by atoms with Crippen molar-refractivity contribution in [2.24, 2.45) is 11.8 Å². The lowest BCUT2D eigenvalue weighted by Gasteiger charge is -2.12. The summed E-state index contributed by atoms with van der Waals surface area (Å²) in [4.78, 5) is 23.0. The molecule has 0 radical (unpaired) electrons. The Morgan fingerprint density at radius 3 is 2.31 bits per heavy atom. The molecule has 0 heterocycles. The van der Waals surface area contributed by atoms with Crippen LogP contribution < -0.4 is 0 Å². The molecule has 2 nitrogen and oxygen atoms in total. The second-order valence-corrected chi connectivity index (χ2v) is 3.93. The Balaban J connectivity index is 2.50. The normalized spacial score (nSPS) is 20.2. The second-order valence-electron chi connectivity index (χ2n) is 3.93. The first-order valence-corrected chi connectivity index (χ1v) is 5.23. The zero-order valence-corrected chi connectivity index (χ0v) is 8.51. The minimum Gasteiger partial charge on any atom is -0.299 e. The fourth-order valence-corrected chi connectivity index (χ4v) is 2.03. The van der Waals surface area contributed by atoms with Crippen LogP contribution >= 0.6 is 0 Å². The Morgan fingerprint density at radius 2 is 1.85 bits per heavy atom. The van der Waals surface area contributed by atoms with E-state index in [1.165, 1.54) is 0 Å². The van der Waals surface area contributed by atoms with Gasteiger partial charge in [-0.2, -0.15) is 0 Å². The summed E-state index contributed by atoms with van der Waals surface area (Å²) in [5, 5.41) is 0. The van der Waals surface area contributed by atoms with E-state index in [4.69, 9.17) is 0 Å². The number of hydrogen-bond acceptors (Lipinski definition) is 2. The molecule has 1 fully saturated rings. The van der Waals surface area contributed by atoms with Crippen LogP contribution in [0.3, 0.4) is 0 Å². The molecule has 1 unspecified atom stereocenters. The monoisotopic (exact) mass is 182 g/mol. The van der Waals surface area contributed by atoms with E-state index in [2.05, 4.69) is 0 Å². The highest BCUT2D eigenvalue weighted by atomic mass is 16.2. The number of Topliss-reactive ketones (excluding diaryl/α,β-unsaturated/α-hetero) is 2. The number of rotatable bonds is 4. The highest BCUT2D eigenvalue weighted by Crippen LogP contribution is 2.28. The number of carbonyl (C=O) groups is 2. The summed E-state index contributed by atoms with van der Waals surface area (Å²) in [6.45, 7) is 3.58. The largest absolute Gasteiger partial charge is 0.299 e. The lowest BCUT2D eigenvalue weighted by molar-refractivity contribution is -0.134. The zero-order valence-electron chi connectivity index (χ0n) is 8.51. The van der Waals surface area contributed by atoms with Crippen molar-refractivity contribution in [1.29, 1.82) is 0 Å². The highest BCUT2D eigenvalue weighted by Gasteiger charge is 2.29. The maximum atomic E-state index is 11.7. The van der Waals surface area contributed by atoms with Gasteiger partial charge in [-0.25, -0.2) is 0 Å². The van der Waals surface area contributed by atoms with E-state index in [1.807, 2.05) is 6.92 Å². The van der Waals surface area contributed by atoms with Gasteiger partial charge in [-0.05, 0) is 19.8 Å². The molecular weight excluding hydrogens is 164 g/mol. The molecule has 2 heteroatoms. The van der Waals surface area contributed by atoms with Gasteiger partial charge in [-0.15, -0.1) is 0 Å². The first kappa shape index (κ1) is 10.4. The van der Waals surface area contributed by atoms with E-state index in [9.17, 15) is 9.59 Å². The number of hydrogen-bond donors (Lipinski definition) is 0. The van der Waals surface area contributed by atoms with Gasteiger partial charge in [0, 0.05) is 12.3 Å². The maximum Gasteiger partial charge on any atom is 0.146 e. The molecular formula is C11H18O2. The predicted molar refractivity (Wildman–Crippen MR) is 51.4 cm³/mol. The third-order valence-corrected chi connectivity index (χ3v) is 3.02. The van der Waals surface area contributed by atoms with Crippen molar-refractivity contribution in [3.63, 3.8) is 0 Å². The molecule has 0 spiro atoms. The van der Waals surface area contributed by atoms with Crippen molar-refractivity contribution in [1.82, 2.24) is 0 Å². The molecule has 74 valence electrons. The van der Waals surface area contributed by atoms with E-state index in [0.29, 0.717) is 6.42 Å². The van der Waals surface area contributed by atoms with E-state index in [1.54, 1.807) is 6.92 Å². The van der Waals surface area contributed by atoms with Crippen LogP contribution in [0.1, 0.15) is 46.0 Å². The Bertz CT molecular complexity index is 202. The molecule has 1 atom stereocenters. The Morgan fingerprint density at radius 1 is 1.31 bits per heavy atom. The van der Waals surface area contributed by atoms with Crippen LogP contribution in [-0.4, -0.2) is 11.6 Å². The molecule has 1 rings (SSSR count). The fraction of sp³-hybridized carbons (Fsp3) is 0.818. The van der Waals surface area contributed by atoms with Crippen molar-refractivity contribution in [2.75, 3.05) is 0 Å². The van der Waals surface area contributed by atoms with Crippen LogP contribution in [-0.2, 0) is 9.59 Å². The van der Waals surface area contributed by atoms with E-state index in [0.717, 1.165) is 25.7 Å². The molecule has 0 aromatic rings. The molecule has 0 aromatic carbocycles. The quantitative estimate of drug-likeness (QED) is 0.625. The first-order valence-electron chi connectivity index (χ1n) is 5.23. The minimum atomic E-state index is -0.354. The van der Waals surface area contributed by atoms with Crippen molar-refractivity contribution in [3.05, 3.63) is 0 Å². The highest BCUT2D eigenvalue weighted by molar-refractivity contribution is 6.02. The Hall–Kier alpha value is -0.660. The van der Waals surface area contributed by atoms with Crippen molar-refractivity contribution >= 4 is 11.6 Å². The fourth-order valence-electron chi connectivity index (χ4n) is 2.03. The number of carbonyl (C=O) groups excluding carboxylic acids is 2. The molecule has 1 saturated carbocycles. The Kier molecular flexibility index (Phi) is 3.64. The van der Waals surface area contributed by atoms with Gasteiger partial charge in [0.1, 0.15) is 11.6 Å². The molecule has 13 heavy (non-hydrogen) atoms. The molecule has 1 aliphatic carbocycles. The van der Waals surface area contributed by atoms with Gasteiger partial charge in [-0.3, -0.25) is 9.59 Å². The van der Waals surface area contributed by atoms with Gasteiger partial charge in [0.05, 0.1) is 5.92 Å². The Labute approximate surface area is 79.7 Å². The summed E-state index contributed by atoms with van der Waals surface area (Å²) in [5.74, 6) is 0.111. The summed E-state index contributed by atoms with van der Waals surface area (Å²) in [6.07, 6.45) is 4.80. The van der Waals surface area contributed by atoms with Crippen LogP contribution in [0.4, 0.5) is 0 Å². The maximum absolute atomic E-state index is 11.7. The van der Waals surface area contributed by atoms with Crippen LogP contribution in [0.5, 0.6) is 0 Å². The summed E-state index contributed by atoms with van der Waals surface area (Å²) in [7, 11) is 0. The molecule has 0 aromatic heterocycles. The lowest BCUT2D eigenvalue weighted by atomic mass is 9.89. The second kappa shape index (κ2) is 4.54. The van der Waals surface area contributed by atoms with Crippen LogP contribution in [0.25, 0.3) is 0 Å². The van der Waals surface area contributed by atoms with Crippen molar-refractivity contribution < 1.29 is 9.59 Å².